The molecule has 19 heavy (non-hydrogen) atoms. The molecule has 0 spiro atoms. The van der Waals surface area contributed by atoms with E-state index in [1.807, 2.05) is 20.8 Å². The first-order valence-corrected chi connectivity index (χ1v) is 7.19. The van der Waals surface area contributed by atoms with Crippen molar-refractivity contribution in [1.82, 2.24) is 9.80 Å². The summed E-state index contributed by atoms with van der Waals surface area (Å²) in [5.41, 5.74) is 0. The zero-order chi connectivity index (χ0) is 14.4. The third-order valence-corrected chi connectivity index (χ3v) is 3.76. The molecule has 5 heteroatoms. The quantitative estimate of drug-likeness (QED) is 0.824. The van der Waals surface area contributed by atoms with Gasteiger partial charge in [-0.15, -0.1) is 0 Å². The average Bonchev–Trinajstić information content (AvgIpc) is 2.62. The van der Waals surface area contributed by atoms with Crippen LogP contribution < -0.4 is 0 Å². The van der Waals surface area contributed by atoms with Crippen LogP contribution in [0.3, 0.4) is 0 Å². The molecule has 1 unspecified atom stereocenters. The monoisotopic (exact) mass is 270 g/mol. The number of likely N-dealkylation sites (tertiary alicyclic amines) is 1. The lowest BCUT2D eigenvalue weighted by molar-refractivity contribution is -0.148. The van der Waals surface area contributed by atoms with Gasteiger partial charge in [0.2, 0.25) is 5.91 Å². The highest BCUT2D eigenvalue weighted by molar-refractivity contribution is 5.85. The van der Waals surface area contributed by atoms with Crippen LogP contribution in [0.2, 0.25) is 0 Å². The molecule has 0 aromatic rings. The van der Waals surface area contributed by atoms with E-state index in [2.05, 4.69) is 4.90 Å². The van der Waals surface area contributed by atoms with Crippen molar-refractivity contribution in [3.8, 4) is 0 Å². The summed E-state index contributed by atoms with van der Waals surface area (Å²) in [4.78, 5) is 27.0. The molecule has 1 saturated heterocycles. The first-order valence-electron chi connectivity index (χ1n) is 7.19. The van der Waals surface area contributed by atoms with Crippen LogP contribution in [0.1, 0.15) is 46.5 Å². The standard InChI is InChI=1S/C14H26N2O3/c1-11(2)16(10-13(17)18)14(19)12(3)15-8-6-4-5-7-9-15/h11-12H,4-10H2,1-3H3,(H,17,18). The molecule has 0 saturated carbocycles. The molecule has 0 aromatic heterocycles. The normalized spacial score (nSPS) is 18.9. The van der Waals surface area contributed by atoms with Gasteiger partial charge in [-0.25, -0.2) is 0 Å². The van der Waals surface area contributed by atoms with Gasteiger partial charge in [0.25, 0.3) is 0 Å². The van der Waals surface area contributed by atoms with Crippen molar-refractivity contribution < 1.29 is 14.7 Å². The van der Waals surface area contributed by atoms with Crippen LogP contribution in [0.4, 0.5) is 0 Å². The number of hydrogen-bond acceptors (Lipinski definition) is 3. The van der Waals surface area contributed by atoms with Crippen molar-refractivity contribution in [2.75, 3.05) is 19.6 Å². The van der Waals surface area contributed by atoms with Crippen molar-refractivity contribution in [3.63, 3.8) is 0 Å². The number of carbonyl (C=O) groups is 2. The van der Waals surface area contributed by atoms with Gasteiger partial charge in [-0.3, -0.25) is 14.5 Å². The third kappa shape index (κ3) is 4.82. The zero-order valence-electron chi connectivity index (χ0n) is 12.3. The highest BCUT2D eigenvalue weighted by Crippen LogP contribution is 2.14. The maximum Gasteiger partial charge on any atom is 0.323 e. The van der Waals surface area contributed by atoms with Crippen LogP contribution in [0.25, 0.3) is 0 Å². The lowest BCUT2D eigenvalue weighted by Crippen LogP contribution is -2.51. The van der Waals surface area contributed by atoms with Gasteiger partial charge < -0.3 is 10.0 Å². The van der Waals surface area contributed by atoms with Crippen LogP contribution in [-0.2, 0) is 9.59 Å². The molecule has 1 amide bonds. The summed E-state index contributed by atoms with van der Waals surface area (Å²) < 4.78 is 0. The van der Waals surface area contributed by atoms with E-state index in [1.165, 1.54) is 17.7 Å². The number of carboxylic acids is 1. The van der Waals surface area contributed by atoms with Gasteiger partial charge in [-0.1, -0.05) is 12.8 Å². The average molecular weight is 270 g/mol. The van der Waals surface area contributed by atoms with Crippen LogP contribution in [0.5, 0.6) is 0 Å². The molecule has 1 aliphatic rings. The lowest BCUT2D eigenvalue weighted by Gasteiger charge is -2.33. The molecular formula is C14H26N2O3. The summed E-state index contributed by atoms with van der Waals surface area (Å²) in [6.45, 7) is 7.27. The summed E-state index contributed by atoms with van der Waals surface area (Å²) in [6, 6.07) is -0.308. The highest BCUT2D eigenvalue weighted by Gasteiger charge is 2.28. The number of rotatable bonds is 5. The van der Waals surface area contributed by atoms with Gasteiger partial charge in [0.05, 0.1) is 6.04 Å². The minimum Gasteiger partial charge on any atom is -0.480 e. The molecule has 1 atom stereocenters. The molecule has 0 aromatic carbocycles. The van der Waals surface area contributed by atoms with E-state index in [-0.39, 0.29) is 24.5 Å². The largest absolute Gasteiger partial charge is 0.480 e. The van der Waals surface area contributed by atoms with E-state index in [0.29, 0.717) is 0 Å². The van der Waals surface area contributed by atoms with Crippen LogP contribution >= 0.6 is 0 Å². The second-order valence-corrected chi connectivity index (χ2v) is 5.58. The fourth-order valence-electron chi connectivity index (χ4n) is 2.54. The van der Waals surface area contributed by atoms with Crippen molar-refractivity contribution in [3.05, 3.63) is 0 Å². The van der Waals surface area contributed by atoms with Crippen molar-refractivity contribution in [2.24, 2.45) is 0 Å². The summed E-state index contributed by atoms with van der Waals surface area (Å²) in [7, 11) is 0. The molecule has 1 N–H and O–H groups in total. The third-order valence-electron chi connectivity index (χ3n) is 3.76. The van der Waals surface area contributed by atoms with E-state index in [1.54, 1.807) is 0 Å². The molecule has 0 bridgehead atoms. The molecule has 1 fully saturated rings. The number of carboxylic acid groups (broad SMARTS) is 1. The summed E-state index contributed by atoms with van der Waals surface area (Å²) in [5.74, 6) is -1.02. The Bertz CT molecular complexity index is 310. The highest BCUT2D eigenvalue weighted by atomic mass is 16.4. The summed E-state index contributed by atoms with van der Waals surface area (Å²) >= 11 is 0. The maximum absolute atomic E-state index is 12.5. The minimum absolute atomic E-state index is 0.0701. The van der Waals surface area contributed by atoms with E-state index < -0.39 is 5.97 Å². The Balaban J connectivity index is 2.68. The molecule has 1 heterocycles. The van der Waals surface area contributed by atoms with Gasteiger partial charge in [-0.05, 0) is 46.7 Å². The molecule has 0 radical (unpaired) electrons. The summed E-state index contributed by atoms with van der Waals surface area (Å²) in [5, 5.41) is 8.91. The number of aliphatic carboxylic acids is 1. The first-order chi connectivity index (χ1) is 8.93. The van der Waals surface area contributed by atoms with Gasteiger partial charge in [0.15, 0.2) is 0 Å². The van der Waals surface area contributed by atoms with E-state index >= 15 is 0 Å². The number of nitrogens with zero attached hydrogens (tertiary/aromatic N) is 2. The number of hydrogen-bond donors (Lipinski definition) is 1. The van der Waals surface area contributed by atoms with E-state index in [9.17, 15) is 9.59 Å². The van der Waals surface area contributed by atoms with E-state index in [0.717, 1.165) is 25.9 Å². The predicted molar refractivity (Wildman–Crippen MR) is 74.0 cm³/mol. The maximum atomic E-state index is 12.5. The zero-order valence-corrected chi connectivity index (χ0v) is 12.3. The molecule has 0 aliphatic carbocycles. The Morgan fingerprint density at radius 1 is 1.11 bits per heavy atom. The van der Waals surface area contributed by atoms with Gasteiger partial charge in [0.1, 0.15) is 6.54 Å². The molecule has 5 nitrogen and oxygen atoms in total. The second-order valence-electron chi connectivity index (χ2n) is 5.58. The van der Waals surface area contributed by atoms with Crippen molar-refractivity contribution in [1.29, 1.82) is 0 Å². The Morgan fingerprint density at radius 2 is 1.63 bits per heavy atom. The Labute approximate surface area is 115 Å². The van der Waals surface area contributed by atoms with Crippen molar-refractivity contribution >= 4 is 11.9 Å². The van der Waals surface area contributed by atoms with Crippen LogP contribution in [0, 0.1) is 0 Å². The van der Waals surface area contributed by atoms with Crippen LogP contribution in [0.15, 0.2) is 0 Å². The topological polar surface area (TPSA) is 60.9 Å². The Kier molecular flexibility index (Phi) is 6.28. The first kappa shape index (κ1) is 16.0. The SMILES string of the molecule is CC(C(=O)N(CC(=O)O)C(C)C)N1CCCCCC1. The lowest BCUT2D eigenvalue weighted by atomic mass is 10.2. The van der Waals surface area contributed by atoms with Gasteiger partial charge in [0, 0.05) is 6.04 Å². The number of amides is 1. The molecule has 1 aliphatic heterocycles. The van der Waals surface area contributed by atoms with E-state index in [4.69, 9.17) is 5.11 Å². The predicted octanol–water partition coefficient (Wildman–Crippen LogP) is 1.57. The smallest absolute Gasteiger partial charge is 0.323 e. The second kappa shape index (κ2) is 7.48. The van der Waals surface area contributed by atoms with Gasteiger partial charge in [-0.2, -0.15) is 0 Å². The van der Waals surface area contributed by atoms with Gasteiger partial charge >= 0.3 is 5.97 Å². The van der Waals surface area contributed by atoms with Crippen LogP contribution in [-0.4, -0.2) is 58.5 Å². The Hall–Kier alpha value is -1.10. The minimum atomic E-state index is -0.954. The number of carbonyl (C=O) groups excluding carboxylic acids is 1. The fourth-order valence-corrected chi connectivity index (χ4v) is 2.54. The van der Waals surface area contributed by atoms with Crippen molar-refractivity contribution in [2.45, 2.75) is 58.5 Å². The molecule has 1 rings (SSSR count). The summed E-state index contributed by atoms with van der Waals surface area (Å²) in [6.07, 6.45) is 4.69. The molecular weight excluding hydrogens is 244 g/mol. The molecule has 110 valence electrons. The Morgan fingerprint density at radius 3 is 2.05 bits per heavy atom. The fraction of sp³-hybridized carbons (Fsp3) is 0.857.